The summed E-state index contributed by atoms with van der Waals surface area (Å²) in [6.07, 6.45) is 10.0. The maximum atomic E-state index is 12.6. The van der Waals surface area contributed by atoms with Gasteiger partial charge in [0.2, 0.25) is 5.91 Å². The van der Waals surface area contributed by atoms with Gasteiger partial charge in [-0.25, -0.2) is 0 Å². The van der Waals surface area contributed by atoms with Gasteiger partial charge in [-0.2, -0.15) is 0 Å². The van der Waals surface area contributed by atoms with E-state index in [0.29, 0.717) is 18.5 Å². The van der Waals surface area contributed by atoms with E-state index in [9.17, 15) is 4.79 Å². The van der Waals surface area contributed by atoms with Crippen LogP contribution in [0.5, 0.6) is 0 Å². The van der Waals surface area contributed by atoms with Gasteiger partial charge in [0.15, 0.2) is 0 Å². The van der Waals surface area contributed by atoms with Crippen LogP contribution in [-0.2, 0) is 11.2 Å². The molecule has 1 N–H and O–H groups in total. The first-order valence-electron chi connectivity index (χ1n) is 7.76. The van der Waals surface area contributed by atoms with Crippen molar-refractivity contribution in [3.63, 3.8) is 0 Å². The van der Waals surface area contributed by atoms with Crippen LogP contribution < -0.4 is 5.32 Å². The Kier molecular flexibility index (Phi) is 4.31. The zero-order chi connectivity index (χ0) is 13.8. The lowest BCUT2D eigenvalue weighted by molar-refractivity contribution is -0.134. The van der Waals surface area contributed by atoms with Crippen molar-refractivity contribution >= 4 is 5.91 Å². The SMILES string of the molecule is O=C(Cc1ccncc1)N1CCCCC1C1CCCN1. The Morgan fingerprint density at radius 2 is 2.10 bits per heavy atom. The number of nitrogens with zero attached hydrogens (tertiary/aromatic N) is 2. The summed E-state index contributed by atoms with van der Waals surface area (Å²) in [6.45, 7) is 2.03. The molecular formula is C16H23N3O. The first kappa shape index (κ1) is 13.6. The molecule has 2 saturated heterocycles. The number of hydrogen-bond acceptors (Lipinski definition) is 3. The molecule has 1 amide bonds. The minimum atomic E-state index is 0.273. The molecule has 3 heterocycles. The van der Waals surface area contributed by atoms with E-state index in [-0.39, 0.29) is 5.91 Å². The van der Waals surface area contributed by atoms with Gasteiger partial charge in [-0.3, -0.25) is 9.78 Å². The molecule has 2 fully saturated rings. The van der Waals surface area contributed by atoms with E-state index in [1.807, 2.05) is 12.1 Å². The van der Waals surface area contributed by atoms with Gasteiger partial charge in [-0.05, 0) is 56.3 Å². The third-order valence-corrected chi connectivity index (χ3v) is 4.54. The van der Waals surface area contributed by atoms with Crippen molar-refractivity contribution in [3.8, 4) is 0 Å². The van der Waals surface area contributed by atoms with Gasteiger partial charge in [-0.1, -0.05) is 0 Å². The Morgan fingerprint density at radius 1 is 1.25 bits per heavy atom. The highest BCUT2D eigenvalue weighted by Gasteiger charge is 2.33. The van der Waals surface area contributed by atoms with Crippen molar-refractivity contribution in [1.82, 2.24) is 15.2 Å². The number of piperidine rings is 1. The highest BCUT2D eigenvalue weighted by atomic mass is 16.2. The number of carbonyl (C=O) groups excluding carboxylic acids is 1. The van der Waals surface area contributed by atoms with E-state index in [4.69, 9.17) is 0 Å². The highest BCUT2D eigenvalue weighted by molar-refractivity contribution is 5.79. The molecule has 4 nitrogen and oxygen atoms in total. The molecule has 2 unspecified atom stereocenters. The average Bonchev–Trinajstić information content (AvgIpc) is 3.02. The van der Waals surface area contributed by atoms with Crippen molar-refractivity contribution in [2.24, 2.45) is 0 Å². The Morgan fingerprint density at radius 3 is 2.85 bits per heavy atom. The second-order valence-corrected chi connectivity index (χ2v) is 5.89. The number of aromatic nitrogens is 1. The van der Waals surface area contributed by atoms with Crippen LogP contribution in [0.2, 0.25) is 0 Å². The topological polar surface area (TPSA) is 45.2 Å². The number of pyridine rings is 1. The molecule has 0 bridgehead atoms. The van der Waals surface area contributed by atoms with Gasteiger partial charge in [0.25, 0.3) is 0 Å². The summed E-state index contributed by atoms with van der Waals surface area (Å²) in [6, 6.07) is 4.78. The Labute approximate surface area is 120 Å². The predicted molar refractivity (Wildman–Crippen MR) is 78.3 cm³/mol. The lowest BCUT2D eigenvalue weighted by Gasteiger charge is -2.39. The first-order chi connectivity index (χ1) is 9.84. The largest absolute Gasteiger partial charge is 0.338 e. The van der Waals surface area contributed by atoms with Gasteiger partial charge >= 0.3 is 0 Å². The van der Waals surface area contributed by atoms with Gasteiger partial charge in [0.1, 0.15) is 0 Å². The maximum Gasteiger partial charge on any atom is 0.227 e. The molecular weight excluding hydrogens is 250 g/mol. The van der Waals surface area contributed by atoms with E-state index >= 15 is 0 Å². The molecule has 20 heavy (non-hydrogen) atoms. The molecule has 1 aromatic heterocycles. The summed E-state index contributed by atoms with van der Waals surface area (Å²) in [5.74, 6) is 0.273. The van der Waals surface area contributed by atoms with Crippen molar-refractivity contribution in [2.45, 2.75) is 50.6 Å². The second kappa shape index (κ2) is 6.35. The average molecular weight is 273 g/mol. The molecule has 0 aliphatic carbocycles. The third kappa shape index (κ3) is 3.01. The monoisotopic (exact) mass is 273 g/mol. The van der Waals surface area contributed by atoms with Crippen LogP contribution in [0, 0.1) is 0 Å². The fraction of sp³-hybridized carbons (Fsp3) is 0.625. The van der Waals surface area contributed by atoms with Crippen LogP contribution in [0.3, 0.4) is 0 Å². The summed E-state index contributed by atoms with van der Waals surface area (Å²) in [5.41, 5.74) is 1.06. The molecule has 0 saturated carbocycles. The number of carbonyl (C=O) groups is 1. The van der Waals surface area contributed by atoms with Crippen LogP contribution in [-0.4, -0.2) is 41.0 Å². The molecule has 2 atom stereocenters. The van der Waals surface area contributed by atoms with Crippen molar-refractivity contribution in [1.29, 1.82) is 0 Å². The summed E-state index contributed by atoms with van der Waals surface area (Å²) < 4.78 is 0. The number of rotatable bonds is 3. The normalized spacial score (nSPS) is 26.7. The summed E-state index contributed by atoms with van der Waals surface area (Å²) in [7, 11) is 0. The lowest BCUT2D eigenvalue weighted by atomic mass is 9.94. The van der Waals surface area contributed by atoms with Crippen LogP contribution in [0.4, 0.5) is 0 Å². The Balaban J connectivity index is 1.67. The van der Waals surface area contributed by atoms with E-state index in [0.717, 1.165) is 31.5 Å². The Bertz CT molecular complexity index is 442. The van der Waals surface area contributed by atoms with E-state index < -0.39 is 0 Å². The number of amides is 1. The lowest BCUT2D eigenvalue weighted by Crippen LogP contribution is -2.53. The summed E-state index contributed by atoms with van der Waals surface area (Å²) in [4.78, 5) is 18.8. The van der Waals surface area contributed by atoms with Gasteiger partial charge in [0.05, 0.1) is 6.42 Å². The highest BCUT2D eigenvalue weighted by Crippen LogP contribution is 2.24. The number of likely N-dealkylation sites (tertiary alicyclic amines) is 1. The molecule has 0 radical (unpaired) electrons. The molecule has 2 aliphatic heterocycles. The molecule has 3 rings (SSSR count). The van der Waals surface area contributed by atoms with Crippen LogP contribution in [0.1, 0.15) is 37.7 Å². The van der Waals surface area contributed by atoms with Crippen molar-refractivity contribution in [2.75, 3.05) is 13.1 Å². The van der Waals surface area contributed by atoms with Crippen LogP contribution in [0.25, 0.3) is 0 Å². The van der Waals surface area contributed by atoms with Crippen LogP contribution in [0.15, 0.2) is 24.5 Å². The van der Waals surface area contributed by atoms with Crippen LogP contribution >= 0.6 is 0 Å². The zero-order valence-corrected chi connectivity index (χ0v) is 11.9. The Hall–Kier alpha value is -1.42. The fourth-order valence-electron chi connectivity index (χ4n) is 3.50. The molecule has 1 aromatic rings. The van der Waals surface area contributed by atoms with E-state index in [1.165, 1.54) is 19.3 Å². The second-order valence-electron chi connectivity index (χ2n) is 5.89. The number of nitrogens with one attached hydrogen (secondary N) is 1. The van der Waals surface area contributed by atoms with Crippen molar-refractivity contribution < 1.29 is 4.79 Å². The summed E-state index contributed by atoms with van der Waals surface area (Å²) in [5, 5.41) is 3.57. The third-order valence-electron chi connectivity index (χ3n) is 4.54. The standard InChI is InChI=1S/C16H23N3O/c20-16(12-13-6-9-17-10-7-13)19-11-2-1-5-15(19)14-4-3-8-18-14/h6-7,9-10,14-15,18H,1-5,8,11-12H2. The van der Waals surface area contributed by atoms with Gasteiger partial charge in [-0.15, -0.1) is 0 Å². The molecule has 4 heteroatoms. The molecule has 0 aromatic carbocycles. The van der Waals surface area contributed by atoms with Gasteiger partial charge < -0.3 is 10.2 Å². The molecule has 0 spiro atoms. The van der Waals surface area contributed by atoms with Crippen molar-refractivity contribution in [3.05, 3.63) is 30.1 Å². The smallest absolute Gasteiger partial charge is 0.227 e. The zero-order valence-electron chi connectivity index (χ0n) is 11.9. The number of hydrogen-bond donors (Lipinski definition) is 1. The minimum Gasteiger partial charge on any atom is -0.338 e. The predicted octanol–water partition coefficient (Wildman–Crippen LogP) is 1.76. The summed E-state index contributed by atoms with van der Waals surface area (Å²) >= 11 is 0. The van der Waals surface area contributed by atoms with E-state index in [1.54, 1.807) is 12.4 Å². The van der Waals surface area contributed by atoms with Gasteiger partial charge in [0, 0.05) is 31.0 Å². The minimum absolute atomic E-state index is 0.273. The quantitative estimate of drug-likeness (QED) is 0.912. The fourth-order valence-corrected chi connectivity index (χ4v) is 3.50. The molecule has 2 aliphatic rings. The van der Waals surface area contributed by atoms with E-state index in [2.05, 4.69) is 15.2 Å². The first-order valence-corrected chi connectivity index (χ1v) is 7.76. The molecule has 108 valence electrons. The maximum absolute atomic E-state index is 12.6.